The lowest BCUT2D eigenvalue weighted by Gasteiger charge is -2.09. The summed E-state index contributed by atoms with van der Waals surface area (Å²) in [7, 11) is 0. The maximum Gasteiger partial charge on any atom is 0.130 e. The Morgan fingerprint density at radius 1 is 1.36 bits per heavy atom. The van der Waals surface area contributed by atoms with Gasteiger partial charge in [-0.05, 0) is 25.7 Å². The van der Waals surface area contributed by atoms with Crippen molar-refractivity contribution in [3.05, 3.63) is 25.3 Å². The molecule has 0 N–H and O–H groups in total. The molecule has 62 valence electrons. The summed E-state index contributed by atoms with van der Waals surface area (Å²) < 4.78 is 0. The highest BCUT2D eigenvalue weighted by atomic mass is 16.1. The molecule has 11 heavy (non-hydrogen) atoms. The van der Waals surface area contributed by atoms with Crippen molar-refractivity contribution in [3.63, 3.8) is 0 Å². The Kier molecular flexibility index (Phi) is 5.44. The van der Waals surface area contributed by atoms with E-state index in [4.69, 9.17) is 0 Å². The van der Waals surface area contributed by atoms with Crippen LogP contribution >= 0.6 is 0 Å². The van der Waals surface area contributed by atoms with E-state index in [1.54, 1.807) is 6.92 Å². The fourth-order valence-corrected chi connectivity index (χ4v) is 1.14. The first-order valence-electron chi connectivity index (χ1n) is 3.92. The number of ketones is 1. The number of carbonyl (C=O) groups excluding carboxylic acids is 1. The van der Waals surface area contributed by atoms with Crippen LogP contribution in [0.25, 0.3) is 0 Å². The number of Topliss-reactive ketones (excluding diaryl/α,β-unsaturated/α-hetero) is 1. The lowest BCUT2D eigenvalue weighted by Crippen LogP contribution is -2.03. The molecule has 0 aliphatic rings. The van der Waals surface area contributed by atoms with E-state index in [0.29, 0.717) is 12.3 Å². The largest absolute Gasteiger partial charge is 0.300 e. The second-order valence-corrected chi connectivity index (χ2v) is 2.82. The molecule has 0 spiro atoms. The van der Waals surface area contributed by atoms with Gasteiger partial charge in [0.05, 0.1) is 0 Å². The maximum atomic E-state index is 10.7. The summed E-state index contributed by atoms with van der Waals surface area (Å²) in [5.74, 6) is 0.668. The molecule has 0 aromatic rings. The molecule has 0 unspecified atom stereocenters. The zero-order chi connectivity index (χ0) is 8.69. The fourth-order valence-electron chi connectivity index (χ4n) is 1.14. The number of carbonyl (C=O) groups is 1. The van der Waals surface area contributed by atoms with Gasteiger partial charge in [0.1, 0.15) is 5.78 Å². The van der Waals surface area contributed by atoms with E-state index in [0.717, 1.165) is 12.8 Å². The molecular weight excluding hydrogens is 136 g/mol. The van der Waals surface area contributed by atoms with Crippen LogP contribution in [0, 0.1) is 5.92 Å². The van der Waals surface area contributed by atoms with Crippen LogP contribution in [0.4, 0.5) is 0 Å². The first-order chi connectivity index (χ1) is 5.20. The molecule has 0 aliphatic heterocycles. The van der Waals surface area contributed by atoms with Gasteiger partial charge in [-0.1, -0.05) is 12.2 Å². The third-order valence-corrected chi connectivity index (χ3v) is 1.58. The van der Waals surface area contributed by atoms with Crippen molar-refractivity contribution in [3.8, 4) is 0 Å². The standard InChI is InChI=1S/C10H16O/c1-4-6-10(7-5-2)8-9(3)11/h4-5,10H,1-2,6-8H2,3H3. The van der Waals surface area contributed by atoms with Crippen LogP contribution in [0.5, 0.6) is 0 Å². The van der Waals surface area contributed by atoms with Crippen LogP contribution < -0.4 is 0 Å². The van der Waals surface area contributed by atoms with Gasteiger partial charge in [-0.15, -0.1) is 13.2 Å². The highest BCUT2D eigenvalue weighted by Crippen LogP contribution is 2.14. The summed E-state index contributed by atoms with van der Waals surface area (Å²) in [5.41, 5.74) is 0. The van der Waals surface area contributed by atoms with Gasteiger partial charge in [-0.3, -0.25) is 0 Å². The molecule has 0 aromatic heterocycles. The molecule has 0 heterocycles. The minimum atomic E-state index is 0.249. The smallest absolute Gasteiger partial charge is 0.130 e. The molecule has 0 radical (unpaired) electrons. The predicted molar refractivity (Wildman–Crippen MR) is 48.4 cm³/mol. The number of hydrogen-bond acceptors (Lipinski definition) is 1. The first-order valence-corrected chi connectivity index (χ1v) is 3.92. The SMILES string of the molecule is C=CCC(CC=C)CC(C)=O. The van der Waals surface area contributed by atoms with Crippen molar-refractivity contribution in [1.82, 2.24) is 0 Å². The van der Waals surface area contributed by atoms with Crippen LogP contribution in [0.3, 0.4) is 0 Å². The molecule has 0 aliphatic carbocycles. The number of rotatable bonds is 6. The molecule has 0 rings (SSSR count). The first kappa shape index (κ1) is 10.2. The minimum absolute atomic E-state index is 0.249. The van der Waals surface area contributed by atoms with Crippen molar-refractivity contribution in [2.75, 3.05) is 0 Å². The van der Waals surface area contributed by atoms with Gasteiger partial charge in [-0.2, -0.15) is 0 Å². The Morgan fingerprint density at radius 2 is 1.82 bits per heavy atom. The highest BCUT2D eigenvalue weighted by Gasteiger charge is 2.06. The average molecular weight is 152 g/mol. The summed E-state index contributed by atoms with van der Waals surface area (Å²) in [4.78, 5) is 10.7. The van der Waals surface area contributed by atoms with Gasteiger partial charge in [0, 0.05) is 6.42 Å². The fraction of sp³-hybridized carbons (Fsp3) is 0.500. The van der Waals surface area contributed by atoms with E-state index in [1.165, 1.54) is 0 Å². The van der Waals surface area contributed by atoms with Crippen LogP contribution in [0.15, 0.2) is 25.3 Å². The van der Waals surface area contributed by atoms with Gasteiger partial charge < -0.3 is 4.79 Å². The summed E-state index contributed by atoms with van der Waals surface area (Å²) in [6.45, 7) is 8.91. The Bertz CT molecular complexity index is 137. The van der Waals surface area contributed by atoms with E-state index in [9.17, 15) is 4.79 Å². The van der Waals surface area contributed by atoms with Crippen molar-refractivity contribution >= 4 is 5.78 Å². The van der Waals surface area contributed by atoms with Gasteiger partial charge in [0.15, 0.2) is 0 Å². The lowest BCUT2D eigenvalue weighted by molar-refractivity contribution is -0.117. The summed E-state index contributed by atoms with van der Waals surface area (Å²) in [6, 6.07) is 0. The van der Waals surface area contributed by atoms with E-state index in [1.807, 2.05) is 12.2 Å². The quantitative estimate of drug-likeness (QED) is 0.535. The molecule has 0 saturated heterocycles. The number of hydrogen-bond donors (Lipinski definition) is 0. The van der Waals surface area contributed by atoms with Crippen LogP contribution in [-0.2, 0) is 4.79 Å². The zero-order valence-corrected chi connectivity index (χ0v) is 7.18. The molecule has 0 saturated carbocycles. The summed E-state index contributed by atoms with van der Waals surface area (Å²) >= 11 is 0. The van der Waals surface area contributed by atoms with Gasteiger partial charge in [0.2, 0.25) is 0 Å². The topological polar surface area (TPSA) is 17.1 Å². The van der Waals surface area contributed by atoms with Crippen molar-refractivity contribution < 1.29 is 4.79 Å². The molecule has 1 nitrogen and oxygen atoms in total. The second kappa shape index (κ2) is 5.90. The predicted octanol–water partition coefficient (Wildman–Crippen LogP) is 2.73. The van der Waals surface area contributed by atoms with Gasteiger partial charge in [0.25, 0.3) is 0 Å². The van der Waals surface area contributed by atoms with Crippen LogP contribution in [0.1, 0.15) is 26.2 Å². The lowest BCUT2D eigenvalue weighted by atomic mass is 9.96. The number of allylic oxidation sites excluding steroid dienone is 2. The van der Waals surface area contributed by atoms with Crippen LogP contribution in [0.2, 0.25) is 0 Å². The van der Waals surface area contributed by atoms with Gasteiger partial charge in [-0.25, -0.2) is 0 Å². The molecule has 0 atom stereocenters. The third-order valence-electron chi connectivity index (χ3n) is 1.58. The molecule has 0 amide bonds. The second-order valence-electron chi connectivity index (χ2n) is 2.82. The Morgan fingerprint density at radius 3 is 2.09 bits per heavy atom. The maximum absolute atomic E-state index is 10.7. The Hall–Kier alpha value is -0.850. The van der Waals surface area contributed by atoms with E-state index in [2.05, 4.69) is 13.2 Å². The molecule has 0 bridgehead atoms. The molecular formula is C10H16O. The zero-order valence-electron chi connectivity index (χ0n) is 7.18. The average Bonchev–Trinajstić information content (AvgIpc) is 1.87. The van der Waals surface area contributed by atoms with Gasteiger partial charge >= 0.3 is 0 Å². The summed E-state index contributed by atoms with van der Waals surface area (Å²) in [6.07, 6.45) is 6.18. The van der Waals surface area contributed by atoms with Crippen molar-refractivity contribution in [2.24, 2.45) is 5.92 Å². The molecule has 1 heteroatoms. The Labute approximate surface area is 68.8 Å². The minimum Gasteiger partial charge on any atom is -0.300 e. The van der Waals surface area contributed by atoms with Crippen LogP contribution in [-0.4, -0.2) is 5.78 Å². The van der Waals surface area contributed by atoms with Crippen molar-refractivity contribution in [1.29, 1.82) is 0 Å². The third kappa shape index (κ3) is 5.59. The van der Waals surface area contributed by atoms with E-state index >= 15 is 0 Å². The monoisotopic (exact) mass is 152 g/mol. The normalized spacial score (nSPS) is 9.64. The Balaban J connectivity index is 3.76. The molecule has 0 fully saturated rings. The summed E-state index contributed by atoms with van der Waals surface area (Å²) in [5, 5.41) is 0. The van der Waals surface area contributed by atoms with Crippen molar-refractivity contribution in [2.45, 2.75) is 26.2 Å². The van der Waals surface area contributed by atoms with E-state index in [-0.39, 0.29) is 5.78 Å². The molecule has 0 aromatic carbocycles. The highest BCUT2D eigenvalue weighted by molar-refractivity contribution is 5.75. The van der Waals surface area contributed by atoms with E-state index < -0.39 is 0 Å².